The van der Waals surface area contributed by atoms with Gasteiger partial charge < -0.3 is 9.63 Å². The number of sulfonamides is 1. The third kappa shape index (κ3) is 3.62. The molecule has 0 unspecified atom stereocenters. The summed E-state index contributed by atoms with van der Waals surface area (Å²) in [5.74, 6) is 0.906. The van der Waals surface area contributed by atoms with Crippen molar-refractivity contribution in [2.24, 2.45) is 0 Å². The Bertz CT molecular complexity index is 664. The summed E-state index contributed by atoms with van der Waals surface area (Å²) in [6.07, 6.45) is 0.328. The molecule has 0 amide bonds. The lowest BCUT2D eigenvalue weighted by Gasteiger charge is -2.06. The molecule has 2 aromatic rings. The normalized spacial score (nSPS) is 11.7. The van der Waals surface area contributed by atoms with Crippen molar-refractivity contribution in [3.8, 4) is 0 Å². The van der Waals surface area contributed by atoms with Crippen LogP contribution in [0.2, 0.25) is 0 Å². The SMILES string of the molecule is Cc1noc(CCNS(=O)(=O)c2ccc(CO)cc2)n1. The molecule has 1 aromatic heterocycles. The Labute approximate surface area is 116 Å². The molecule has 0 fully saturated rings. The summed E-state index contributed by atoms with van der Waals surface area (Å²) in [6.45, 7) is 1.75. The monoisotopic (exact) mass is 297 g/mol. The van der Waals surface area contributed by atoms with Crippen molar-refractivity contribution in [1.82, 2.24) is 14.9 Å². The summed E-state index contributed by atoms with van der Waals surface area (Å²) in [4.78, 5) is 4.13. The average Bonchev–Trinajstić information content (AvgIpc) is 2.84. The Balaban J connectivity index is 1.96. The predicted octanol–water partition coefficient (Wildman–Crippen LogP) is 0.391. The molecule has 0 aliphatic heterocycles. The van der Waals surface area contributed by atoms with Crippen LogP contribution < -0.4 is 4.72 Å². The molecule has 20 heavy (non-hydrogen) atoms. The number of hydrogen-bond donors (Lipinski definition) is 2. The topological polar surface area (TPSA) is 105 Å². The second kappa shape index (κ2) is 6.12. The standard InChI is InChI=1S/C12H15N3O4S/c1-9-14-12(19-15-9)6-7-13-20(17,18)11-4-2-10(8-16)3-5-11/h2-5,13,16H,6-8H2,1H3. The molecule has 0 saturated heterocycles. The first-order valence-electron chi connectivity index (χ1n) is 6.00. The fourth-order valence-electron chi connectivity index (χ4n) is 1.59. The van der Waals surface area contributed by atoms with Gasteiger partial charge in [-0.25, -0.2) is 13.1 Å². The van der Waals surface area contributed by atoms with Crippen LogP contribution in [0.1, 0.15) is 17.3 Å². The van der Waals surface area contributed by atoms with Gasteiger partial charge in [0.1, 0.15) is 0 Å². The summed E-state index contributed by atoms with van der Waals surface area (Å²) in [5, 5.41) is 12.5. The number of aliphatic hydroxyl groups is 1. The fourth-order valence-corrected chi connectivity index (χ4v) is 2.62. The highest BCUT2D eigenvalue weighted by Crippen LogP contribution is 2.10. The lowest BCUT2D eigenvalue weighted by atomic mass is 10.2. The minimum absolute atomic E-state index is 0.121. The van der Waals surface area contributed by atoms with Crippen molar-refractivity contribution in [3.05, 3.63) is 41.5 Å². The average molecular weight is 297 g/mol. The van der Waals surface area contributed by atoms with E-state index in [1.165, 1.54) is 12.1 Å². The van der Waals surface area contributed by atoms with Crippen molar-refractivity contribution < 1.29 is 18.0 Å². The summed E-state index contributed by atoms with van der Waals surface area (Å²) >= 11 is 0. The zero-order chi connectivity index (χ0) is 14.6. The number of aliphatic hydroxyl groups excluding tert-OH is 1. The minimum Gasteiger partial charge on any atom is -0.392 e. The van der Waals surface area contributed by atoms with E-state index in [-0.39, 0.29) is 18.0 Å². The Hall–Kier alpha value is -1.77. The molecule has 2 N–H and O–H groups in total. The van der Waals surface area contributed by atoms with Gasteiger partial charge in [-0.05, 0) is 24.6 Å². The van der Waals surface area contributed by atoms with Gasteiger partial charge in [-0.2, -0.15) is 4.98 Å². The van der Waals surface area contributed by atoms with Crippen LogP contribution in [-0.2, 0) is 23.1 Å². The van der Waals surface area contributed by atoms with Crippen molar-refractivity contribution >= 4 is 10.0 Å². The molecule has 1 aromatic carbocycles. The van der Waals surface area contributed by atoms with Crippen LogP contribution in [0.25, 0.3) is 0 Å². The molecule has 0 aliphatic rings. The molecule has 0 saturated carbocycles. The third-order valence-corrected chi connectivity index (χ3v) is 4.09. The highest BCUT2D eigenvalue weighted by atomic mass is 32.2. The van der Waals surface area contributed by atoms with Crippen molar-refractivity contribution in [3.63, 3.8) is 0 Å². The molecule has 1 heterocycles. The quantitative estimate of drug-likeness (QED) is 0.799. The maximum Gasteiger partial charge on any atom is 0.240 e. The van der Waals surface area contributed by atoms with E-state index in [9.17, 15) is 8.42 Å². The molecule has 8 heteroatoms. The number of benzene rings is 1. The smallest absolute Gasteiger partial charge is 0.240 e. The van der Waals surface area contributed by atoms with E-state index in [1.807, 2.05) is 0 Å². The van der Waals surface area contributed by atoms with Gasteiger partial charge in [-0.15, -0.1) is 0 Å². The highest BCUT2D eigenvalue weighted by Gasteiger charge is 2.14. The molecule has 0 spiro atoms. The summed E-state index contributed by atoms with van der Waals surface area (Å²) < 4.78 is 31.3. The number of nitrogens with one attached hydrogen (secondary N) is 1. The van der Waals surface area contributed by atoms with Gasteiger partial charge in [-0.1, -0.05) is 17.3 Å². The highest BCUT2D eigenvalue weighted by molar-refractivity contribution is 7.89. The summed E-state index contributed by atoms with van der Waals surface area (Å²) in [5.41, 5.74) is 0.658. The predicted molar refractivity (Wildman–Crippen MR) is 70.3 cm³/mol. The molecule has 108 valence electrons. The van der Waals surface area contributed by atoms with Crippen LogP contribution >= 0.6 is 0 Å². The van der Waals surface area contributed by atoms with E-state index in [0.717, 1.165) is 0 Å². The van der Waals surface area contributed by atoms with E-state index in [0.29, 0.717) is 23.7 Å². The maximum absolute atomic E-state index is 12.0. The fraction of sp³-hybridized carbons (Fsp3) is 0.333. The van der Waals surface area contributed by atoms with Gasteiger partial charge >= 0.3 is 0 Å². The Morgan fingerprint density at radius 2 is 2.00 bits per heavy atom. The van der Waals surface area contributed by atoms with Crippen molar-refractivity contribution in [2.75, 3.05) is 6.54 Å². The van der Waals surface area contributed by atoms with Crippen LogP contribution in [0.3, 0.4) is 0 Å². The van der Waals surface area contributed by atoms with Gasteiger partial charge in [0.25, 0.3) is 0 Å². The Morgan fingerprint density at radius 1 is 1.30 bits per heavy atom. The molecule has 0 radical (unpaired) electrons. The Morgan fingerprint density at radius 3 is 2.55 bits per heavy atom. The zero-order valence-electron chi connectivity index (χ0n) is 10.9. The molecule has 2 rings (SSSR count). The second-order valence-corrected chi connectivity index (χ2v) is 5.95. The molecule has 0 aliphatic carbocycles. The number of nitrogens with zero attached hydrogens (tertiary/aromatic N) is 2. The molecule has 0 atom stereocenters. The van der Waals surface area contributed by atoms with E-state index in [1.54, 1.807) is 19.1 Å². The molecule has 0 bridgehead atoms. The number of hydrogen-bond acceptors (Lipinski definition) is 6. The van der Waals surface area contributed by atoms with Crippen LogP contribution in [0, 0.1) is 6.92 Å². The van der Waals surface area contributed by atoms with Crippen LogP contribution in [0.15, 0.2) is 33.7 Å². The van der Waals surface area contributed by atoms with E-state index in [4.69, 9.17) is 9.63 Å². The van der Waals surface area contributed by atoms with Gasteiger partial charge in [0.05, 0.1) is 11.5 Å². The van der Waals surface area contributed by atoms with Crippen LogP contribution in [0.5, 0.6) is 0 Å². The molecule has 7 nitrogen and oxygen atoms in total. The van der Waals surface area contributed by atoms with Crippen molar-refractivity contribution in [1.29, 1.82) is 0 Å². The van der Waals surface area contributed by atoms with E-state index < -0.39 is 10.0 Å². The zero-order valence-corrected chi connectivity index (χ0v) is 11.7. The van der Waals surface area contributed by atoms with Crippen LogP contribution in [0.4, 0.5) is 0 Å². The summed E-state index contributed by atoms with van der Waals surface area (Å²) in [7, 11) is -3.57. The first-order chi connectivity index (χ1) is 9.51. The third-order valence-electron chi connectivity index (χ3n) is 2.62. The second-order valence-electron chi connectivity index (χ2n) is 4.19. The van der Waals surface area contributed by atoms with Gasteiger partial charge in [0.2, 0.25) is 15.9 Å². The first kappa shape index (κ1) is 14.6. The first-order valence-corrected chi connectivity index (χ1v) is 7.48. The lowest BCUT2D eigenvalue weighted by molar-refractivity contribution is 0.282. The van der Waals surface area contributed by atoms with Gasteiger partial charge in [0.15, 0.2) is 5.82 Å². The Kier molecular flexibility index (Phi) is 4.48. The summed E-state index contributed by atoms with van der Waals surface area (Å²) in [6, 6.07) is 6.03. The minimum atomic E-state index is -3.57. The van der Waals surface area contributed by atoms with Crippen molar-refractivity contribution in [2.45, 2.75) is 24.8 Å². The molecular formula is C12H15N3O4S. The number of aryl methyl sites for hydroxylation is 1. The number of rotatable bonds is 6. The van der Waals surface area contributed by atoms with Gasteiger partial charge in [0, 0.05) is 13.0 Å². The lowest BCUT2D eigenvalue weighted by Crippen LogP contribution is -2.26. The maximum atomic E-state index is 12.0. The van der Waals surface area contributed by atoms with Crippen LogP contribution in [-0.4, -0.2) is 30.2 Å². The number of aromatic nitrogens is 2. The molecular weight excluding hydrogens is 282 g/mol. The van der Waals surface area contributed by atoms with E-state index >= 15 is 0 Å². The van der Waals surface area contributed by atoms with E-state index in [2.05, 4.69) is 14.9 Å². The largest absolute Gasteiger partial charge is 0.392 e. The van der Waals surface area contributed by atoms with Gasteiger partial charge in [-0.3, -0.25) is 0 Å².